The minimum absolute atomic E-state index is 0.231. The molecule has 0 radical (unpaired) electrons. The number of nitrogens with one attached hydrogen (secondary N) is 1. The number of nitrogens with zero attached hydrogens (tertiary/aromatic N) is 1. The highest BCUT2D eigenvalue weighted by atomic mass is 16.5. The molecule has 3 atom stereocenters. The van der Waals surface area contributed by atoms with Gasteiger partial charge in [0.15, 0.2) is 11.2 Å². The zero-order chi connectivity index (χ0) is 29.8. The number of aromatic nitrogens is 2. The summed E-state index contributed by atoms with van der Waals surface area (Å²) in [6.45, 7) is 0. The van der Waals surface area contributed by atoms with Crippen LogP contribution >= 0.6 is 0 Å². The summed E-state index contributed by atoms with van der Waals surface area (Å²) in [6.07, 6.45) is 0.373. The van der Waals surface area contributed by atoms with Crippen LogP contribution in [0.2, 0.25) is 0 Å². The first-order valence-electron chi connectivity index (χ1n) is 14.0. The number of H-pyrrole nitrogens is 1. The Hall–Kier alpha value is -5.08. The molecule has 1 aromatic heterocycles. The number of benzene rings is 4. The van der Waals surface area contributed by atoms with Gasteiger partial charge in [0.25, 0.3) is 5.56 Å². The van der Waals surface area contributed by atoms with Crippen LogP contribution in [-0.4, -0.2) is 36.4 Å². The van der Waals surface area contributed by atoms with E-state index in [2.05, 4.69) is 4.98 Å². The number of hydrogen-bond donors (Lipinski definition) is 2. The molecule has 2 N–H and O–H groups in total. The van der Waals surface area contributed by atoms with Crippen molar-refractivity contribution in [2.45, 2.75) is 23.5 Å². The number of aliphatic hydroxyl groups is 1. The van der Waals surface area contributed by atoms with Crippen LogP contribution < -0.4 is 24.5 Å². The minimum Gasteiger partial charge on any atom is -0.497 e. The molecule has 0 fully saturated rings. The normalized spacial score (nSPS) is 21.3. The molecule has 4 aromatic carbocycles. The smallest absolute Gasteiger partial charge is 0.255 e. The summed E-state index contributed by atoms with van der Waals surface area (Å²) in [7, 11) is 4.69. The third-order valence-electron chi connectivity index (χ3n) is 8.57. The molecule has 0 bridgehead atoms. The van der Waals surface area contributed by atoms with Gasteiger partial charge >= 0.3 is 0 Å². The number of rotatable bonds is 7. The average Bonchev–Trinajstić information content (AvgIpc) is 3.44. The molecule has 0 amide bonds. The Morgan fingerprint density at radius 3 is 2.19 bits per heavy atom. The molecular formula is C35H30N2O6. The number of ether oxygens (including phenoxy) is 4. The summed E-state index contributed by atoms with van der Waals surface area (Å²) in [6, 6.07) is 30.2. The highest BCUT2D eigenvalue weighted by Crippen LogP contribution is 2.69. The number of aromatic amines is 1. The molecule has 2 heterocycles. The lowest BCUT2D eigenvalue weighted by molar-refractivity contribution is -0.0910. The van der Waals surface area contributed by atoms with Gasteiger partial charge in [-0.25, -0.2) is 4.98 Å². The van der Waals surface area contributed by atoms with Gasteiger partial charge in [0.2, 0.25) is 0 Å². The van der Waals surface area contributed by atoms with E-state index in [0.717, 1.165) is 11.1 Å². The van der Waals surface area contributed by atoms with Gasteiger partial charge in [0.1, 0.15) is 28.8 Å². The van der Waals surface area contributed by atoms with Crippen LogP contribution in [0.5, 0.6) is 23.0 Å². The molecule has 43 heavy (non-hydrogen) atoms. The summed E-state index contributed by atoms with van der Waals surface area (Å²) in [4.78, 5) is 22.2. The molecule has 0 saturated carbocycles. The Morgan fingerprint density at radius 1 is 0.860 bits per heavy atom. The van der Waals surface area contributed by atoms with Gasteiger partial charge < -0.3 is 29.0 Å². The van der Waals surface area contributed by atoms with Crippen LogP contribution in [0.4, 0.5) is 0 Å². The minimum atomic E-state index is -1.93. The van der Waals surface area contributed by atoms with E-state index in [9.17, 15) is 9.90 Å². The summed E-state index contributed by atoms with van der Waals surface area (Å²) in [5.41, 5.74) is -0.435. The van der Waals surface area contributed by atoms with Crippen molar-refractivity contribution in [1.82, 2.24) is 9.97 Å². The molecule has 5 aromatic rings. The van der Waals surface area contributed by atoms with Crippen LogP contribution in [0.1, 0.15) is 45.3 Å². The fourth-order valence-corrected chi connectivity index (χ4v) is 6.75. The Morgan fingerprint density at radius 2 is 1.53 bits per heavy atom. The van der Waals surface area contributed by atoms with Crippen molar-refractivity contribution in [2.75, 3.05) is 21.3 Å². The molecule has 8 heteroatoms. The van der Waals surface area contributed by atoms with Crippen LogP contribution in [-0.2, 0) is 17.6 Å². The highest BCUT2D eigenvalue weighted by molar-refractivity contribution is 5.68. The predicted octanol–water partition coefficient (Wildman–Crippen LogP) is 5.06. The van der Waals surface area contributed by atoms with Gasteiger partial charge in [-0.1, -0.05) is 72.8 Å². The molecule has 1 aliphatic heterocycles. The second-order valence-corrected chi connectivity index (χ2v) is 10.8. The Balaban J connectivity index is 1.59. The van der Waals surface area contributed by atoms with Crippen LogP contribution in [0.15, 0.2) is 102 Å². The Bertz CT molecular complexity index is 1870. The molecule has 0 spiro atoms. The molecule has 1 unspecified atom stereocenters. The van der Waals surface area contributed by atoms with E-state index in [1.165, 1.54) is 7.11 Å². The van der Waals surface area contributed by atoms with E-state index in [4.69, 9.17) is 23.9 Å². The topological polar surface area (TPSA) is 103 Å². The summed E-state index contributed by atoms with van der Waals surface area (Å²) < 4.78 is 23.8. The first kappa shape index (κ1) is 26.8. The zero-order valence-electron chi connectivity index (χ0n) is 24.0. The van der Waals surface area contributed by atoms with Gasteiger partial charge in [-0.05, 0) is 23.3 Å². The quantitative estimate of drug-likeness (QED) is 0.280. The monoisotopic (exact) mass is 574 g/mol. The maximum Gasteiger partial charge on any atom is 0.255 e. The van der Waals surface area contributed by atoms with Gasteiger partial charge in [-0.3, -0.25) is 4.79 Å². The van der Waals surface area contributed by atoms with Gasteiger partial charge in [0.05, 0.1) is 44.1 Å². The van der Waals surface area contributed by atoms with Crippen molar-refractivity contribution >= 4 is 0 Å². The highest BCUT2D eigenvalue weighted by Gasteiger charge is 2.73. The van der Waals surface area contributed by atoms with E-state index in [1.54, 1.807) is 26.4 Å². The standard InChI is InChI=1S/C35H30N2O6/c1-40-24-16-14-23(15-17-24)35-30(22-12-8-5-9-13-22)29-32(36-28(37-33(29)38)18-21-10-6-4-7-11-21)34(35,39)31-26(42-3)19-25(41-2)20-27(31)43-35/h4-17,19-20,30,39H,18H2,1-3H3,(H,36,37,38)/t30?,34-,35-/m0/s1. The average molecular weight is 575 g/mol. The van der Waals surface area contributed by atoms with Gasteiger partial charge in [0, 0.05) is 24.1 Å². The molecule has 2 aliphatic rings. The van der Waals surface area contributed by atoms with Crippen molar-refractivity contribution < 1.29 is 24.1 Å². The summed E-state index contributed by atoms with van der Waals surface area (Å²) in [5.74, 6) is 1.58. The molecule has 7 rings (SSSR count). The fraction of sp³-hybridized carbons (Fsp3) is 0.200. The Labute approximate surface area is 248 Å². The van der Waals surface area contributed by atoms with Crippen molar-refractivity contribution in [1.29, 1.82) is 0 Å². The maximum atomic E-state index is 14.2. The number of hydrogen-bond acceptors (Lipinski definition) is 7. The lowest BCUT2D eigenvalue weighted by Gasteiger charge is -2.40. The van der Waals surface area contributed by atoms with Crippen molar-refractivity contribution in [2.24, 2.45) is 0 Å². The zero-order valence-corrected chi connectivity index (χ0v) is 24.0. The lowest BCUT2D eigenvalue weighted by atomic mass is 9.70. The predicted molar refractivity (Wildman–Crippen MR) is 160 cm³/mol. The Kier molecular flexibility index (Phi) is 6.25. The molecular weight excluding hydrogens is 544 g/mol. The van der Waals surface area contributed by atoms with Crippen molar-refractivity contribution in [3.63, 3.8) is 0 Å². The first-order chi connectivity index (χ1) is 20.9. The fourth-order valence-electron chi connectivity index (χ4n) is 6.75. The third-order valence-corrected chi connectivity index (χ3v) is 8.57. The van der Waals surface area contributed by atoms with E-state index < -0.39 is 17.1 Å². The SMILES string of the molecule is COc1ccc([C@@]23Oc4cc(OC)cc(OC)c4[C@]2(O)c2nc(Cc4ccccc4)[nH]c(=O)c2C3c2ccccc2)cc1. The summed E-state index contributed by atoms with van der Waals surface area (Å²) >= 11 is 0. The van der Waals surface area contributed by atoms with E-state index >= 15 is 0 Å². The molecule has 0 saturated heterocycles. The van der Waals surface area contributed by atoms with Gasteiger partial charge in [-0.2, -0.15) is 0 Å². The van der Waals surface area contributed by atoms with E-state index in [0.29, 0.717) is 51.9 Å². The molecule has 1 aliphatic carbocycles. The lowest BCUT2D eigenvalue weighted by Crippen LogP contribution is -2.49. The number of fused-ring (bicyclic) bond motifs is 5. The van der Waals surface area contributed by atoms with Crippen LogP contribution in [0, 0.1) is 0 Å². The van der Waals surface area contributed by atoms with E-state index in [-0.39, 0.29) is 11.3 Å². The second kappa shape index (κ2) is 10.0. The second-order valence-electron chi connectivity index (χ2n) is 10.8. The summed E-state index contributed by atoms with van der Waals surface area (Å²) in [5, 5.41) is 13.4. The maximum absolute atomic E-state index is 14.2. The van der Waals surface area contributed by atoms with Gasteiger partial charge in [-0.15, -0.1) is 0 Å². The molecule has 8 nitrogen and oxygen atoms in total. The van der Waals surface area contributed by atoms with Crippen LogP contribution in [0.3, 0.4) is 0 Å². The van der Waals surface area contributed by atoms with Crippen molar-refractivity contribution in [3.05, 3.63) is 147 Å². The largest absolute Gasteiger partial charge is 0.497 e. The first-order valence-corrected chi connectivity index (χ1v) is 14.0. The molecule has 216 valence electrons. The van der Waals surface area contributed by atoms with Crippen molar-refractivity contribution in [3.8, 4) is 23.0 Å². The van der Waals surface area contributed by atoms with Crippen LogP contribution in [0.25, 0.3) is 0 Å². The van der Waals surface area contributed by atoms with E-state index in [1.807, 2.05) is 84.9 Å². The third kappa shape index (κ3) is 3.79. The number of methoxy groups -OCH3 is 3.